The molecule has 21 nitrogen and oxygen atoms in total. The lowest BCUT2D eigenvalue weighted by atomic mass is 10.0. The molecule has 5 rings (SSSR count). The number of thioether (sulfide) groups is 2. The predicted molar refractivity (Wildman–Crippen MR) is 265 cm³/mol. The number of hydrogen-bond acceptors (Lipinski definition) is 14. The van der Waals surface area contributed by atoms with Crippen LogP contribution >= 0.6 is 23.5 Å². The Labute approximate surface area is 416 Å². The average Bonchev–Trinajstić information content (AvgIpc) is 4.07. The first-order chi connectivity index (χ1) is 33.8. The fraction of sp³-hybridized carbons (Fsp3) is 0.553. The van der Waals surface area contributed by atoms with Gasteiger partial charge in [0.2, 0.25) is 47.3 Å². The molecule has 2 aromatic carbocycles. The highest BCUT2D eigenvalue weighted by atomic mass is 32.2. The van der Waals surface area contributed by atoms with Crippen LogP contribution in [0.2, 0.25) is 0 Å². The molecule has 0 saturated carbocycles. The molecule has 2 aromatic rings. The third kappa shape index (κ3) is 18.1. The first-order valence-electron chi connectivity index (χ1n) is 23.7. The number of nitrogens with zero attached hydrogens (tertiary/aromatic N) is 2. The number of methoxy groups -OCH3 is 1. The smallest absolute Gasteiger partial charge is 0.257 e. The van der Waals surface area contributed by atoms with E-state index in [1.807, 2.05) is 18.2 Å². The Balaban J connectivity index is 1.23. The van der Waals surface area contributed by atoms with Crippen LogP contribution in [0.25, 0.3) is 0 Å². The Bertz CT molecular complexity index is 2130. The summed E-state index contributed by atoms with van der Waals surface area (Å²) < 4.78 is 5.28. The zero-order valence-electron chi connectivity index (χ0n) is 39.6. The molecule has 2 saturated heterocycles. The second-order valence-electron chi connectivity index (χ2n) is 17.0. The first kappa shape index (κ1) is 55.0. The van der Waals surface area contributed by atoms with Gasteiger partial charge in [-0.2, -0.15) is 23.5 Å². The van der Waals surface area contributed by atoms with Gasteiger partial charge < -0.3 is 57.5 Å². The summed E-state index contributed by atoms with van der Waals surface area (Å²) in [5.41, 5.74) is 8.60. The maximum atomic E-state index is 14.2. The van der Waals surface area contributed by atoms with Gasteiger partial charge in [-0.25, -0.2) is 0 Å². The van der Waals surface area contributed by atoms with Crippen LogP contribution in [0.5, 0.6) is 5.75 Å². The van der Waals surface area contributed by atoms with Crippen molar-refractivity contribution in [1.29, 1.82) is 0 Å². The Hall–Kier alpha value is -5.91. The highest BCUT2D eigenvalue weighted by Crippen LogP contribution is 2.22. The van der Waals surface area contributed by atoms with Gasteiger partial charge in [-0.15, -0.1) is 0 Å². The van der Waals surface area contributed by atoms with Crippen molar-refractivity contribution in [3.05, 3.63) is 65.2 Å². The standard InChI is InChI=1S/C47H67N11O10S2/c1-68-34-12-10-31(11-13-34)25-36-47(67)57-20-5-9-37(57)45(65)51-19-23-70-30-33-7-4-6-32(24-33)29-69-22-15-39(60)55-35(8-2-3-16-48)44(64)54-27-41(62)52-26-40(61)53-28-42(63)58-21-18-49-43(58)46(66)50-17-14-38(59)56-36/h4,6-7,10-13,24,35-37,43,49H,2-3,5,8-9,14-23,25-30,48H2,1H3,(H,50,66)(H,51,65)(H,52,62)(H,53,61)(H,54,64)(H,55,60)(H,56,59)/t35-,36-,37?,43+/m0/s1. The van der Waals surface area contributed by atoms with E-state index >= 15 is 0 Å². The molecule has 0 spiro atoms. The zero-order chi connectivity index (χ0) is 50.3. The lowest BCUT2D eigenvalue weighted by Crippen LogP contribution is -2.55. The number of ether oxygens (including phenoxy) is 1. The monoisotopic (exact) mass is 1010 g/mol. The van der Waals surface area contributed by atoms with E-state index in [-0.39, 0.29) is 50.7 Å². The van der Waals surface area contributed by atoms with Gasteiger partial charge >= 0.3 is 0 Å². The molecule has 10 N–H and O–H groups in total. The summed E-state index contributed by atoms with van der Waals surface area (Å²) in [5, 5.41) is 21.5. The van der Waals surface area contributed by atoms with Crippen LogP contribution in [-0.4, -0.2) is 165 Å². The highest BCUT2D eigenvalue weighted by molar-refractivity contribution is 7.98. The van der Waals surface area contributed by atoms with Gasteiger partial charge in [0.05, 0.1) is 26.7 Å². The van der Waals surface area contributed by atoms with E-state index in [2.05, 4.69) is 48.6 Å². The average molecular weight is 1010 g/mol. The summed E-state index contributed by atoms with van der Waals surface area (Å²) in [5.74, 6) is -1.42. The van der Waals surface area contributed by atoms with E-state index in [0.29, 0.717) is 80.5 Å². The van der Waals surface area contributed by atoms with Crippen LogP contribution in [0.1, 0.15) is 61.6 Å². The van der Waals surface area contributed by atoms with E-state index in [4.69, 9.17) is 10.5 Å². The topological polar surface area (TPSA) is 292 Å². The predicted octanol–water partition coefficient (Wildman–Crippen LogP) is -1.37. The Morgan fingerprint density at radius 1 is 0.657 bits per heavy atom. The number of nitrogens with two attached hydrogens (primary N) is 1. The zero-order valence-corrected chi connectivity index (χ0v) is 41.3. The SMILES string of the molecule is COc1ccc(C[C@@H]2NC(=O)CCNC(=O)[C@@H]3NCCN3C(=O)CNC(=O)CNC(=O)CNC(=O)[C@H](CCCCN)NC(=O)CCSCc3cccc(c3)CSCCNC(=O)C3CCCN3C2=O)cc1. The lowest BCUT2D eigenvalue weighted by Gasteiger charge is -2.29. The number of carbonyl (C=O) groups is 9. The molecule has 9 amide bonds. The normalized spacial score (nSPS) is 23.2. The minimum absolute atomic E-state index is 0.119. The van der Waals surface area contributed by atoms with Gasteiger partial charge in [-0.1, -0.05) is 36.4 Å². The van der Waals surface area contributed by atoms with Crippen LogP contribution in [0.15, 0.2) is 48.5 Å². The quantitative estimate of drug-likeness (QED) is 0.145. The highest BCUT2D eigenvalue weighted by Gasteiger charge is 2.38. The number of hydrogen-bond donors (Lipinski definition) is 9. The van der Waals surface area contributed by atoms with Crippen molar-refractivity contribution >= 4 is 76.7 Å². The van der Waals surface area contributed by atoms with Gasteiger partial charge in [0.25, 0.3) is 5.91 Å². The molecule has 4 atom stereocenters. The van der Waals surface area contributed by atoms with Crippen molar-refractivity contribution in [3.8, 4) is 5.75 Å². The summed E-state index contributed by atoms with van der Waals surface area (Å²) in [6.07, 6.45) is 1.65. The Morgan fingerprint density at radius 3 is 2.06 bits per heavy atom. The fourth-order valence-electron chi connectivity index (χ4n) is 8.04. The molecule has 0 aromatic heterocycles. The number of amides is 9. The van der Waals surface area contributed by atoms with E-state index in [1.165, 1.54) is 9.80 Å². The molecule has 3 heterocycles. The number of rotatable bonds is 7. The van der Waals surface area contributed by atoms with Gasteiger partial charge in [-0.3, -0.25) is 48.5 Å². The third-order valence-electron chi connectivity index (χ3n) is 11.7. The number of fused-ring (bicyclic) bond motifs is 4. The van der Waals surface area contributed by atoms with Gasteiger partial charge in [0.15, 0.2) is 6.17 Å². The Morgan fingerprint density at radius 2 is 1.33 bits per heavy atom. The van der Waals surface area contributed by atoms with Crippen molar-refractivity contribution in [1.82, 2.24) is 52.3 Å². The molecule has 0 aliphatic carbocycles. The van der Waals surface area contributed by atoms with Gasteiger partial charge in [-0.05, 0) is 67.5 Å². The second-order valence-corrected chi connectivity index (χ2v) is 19.2. The van der Waals surface area contributed by atoms with Gasteiger partial charge in [0.1, 0.15) is 23.9 Å². The van der Waals surface area contributed by atoms with Gasteiger partial charge in [0, 0.05) is 75.0 Å². The molecule has 1 unspecified atom stereocenters. The van der Waals surface area contributed by atoms with E-state index in [1.54, 1.807) is 54.9 Å². The summed E-state index contributed by atoms with van der Waals surface area (Å²) in [6, 6.07) is 12.6. The summed E-state index contributed by atoms with van der Waals surface area (Å²) in [7, 11) is 1.54. The van der Waals surface area contributed by atoms with E-state index in [0.717, 1.165) is 16.7 Å². The largest absolute Gasteiger partial charge is 0.497 e. The van der Waals surface area contributed by atoms with Crippen LogP contribution < -0.4 is 53.0 Å². The fourth-order valence-corrected chi connectivity index (χ4v) is 9.74. The first-order valence-corrected chi connectivity index (χ1v) is 26.0. The van der Waals surface area contributed by atoms with Crippen LogP contribution in [0.3, 0.4) is 0 Å². The Kier molecular flexibility index (Phi) is 23.0. The van der Waals surface area contributed by atoms with Crippen molar-refractivity contribution in [2.24, 2.45) is 5.73 Å². The van der Waals surface area contributed by atoms with Crippen molar-refractivity contribution in [3.63, 3.8) is 0 Å². The molecule has 70 heavy (non-hydrogen) atoms. The van der Waals surface area contributed by atoms with Crippen molar-refractivity contribution < 1.29 is 47.9 Å². The summed E-state index contributed by atoms with van der Waals surface area (Å²) >= 11 is 3.24. The van der Waals surface area contributed by atoms with Crippen LogP contribution in [0, 0.1) is 0 Å². The lowest BCUT2D eigenvalue weighted by molar-refractivity contribution is -0.141. The number of benzene rings is 2. The number of carbonyl (C=O) groups excluding carboxylic acids is 9. The molecule has 2 fully saturated rings. The minimum Gasteiger partial charge on any atom is -0.497 e. The molecular weight excluding hydrogens is 943 g/mol. The van der Waals surface area contributed by atoms with Crippen molar-refractivity contribution in [2.45, 2.75) is 87.2 Å². The van der Waals surface area contributed by atoms with Crippen molar-refractivity contribution in [2.75, 3.05) is 77.5 Å². The third-order valence-corrected chi connectivity index (χ3v) is 13.8. The van der Waals surface area contributed by atoms with E-state index in [9.17, 15) is 43.2 Å². The molecular formula is C47H67N11O10S2. The molecule has 382 valence electrons. The number of unbranched alkanes of at least 4 members (excludes halogenated alkanes) is 1. The molecule has 3 aliphatic heterocycles. The maximum Gasteiger partial charge on any atom is 0.257 e. The minimum atomic E-state index is -1.09. The molecule has 23 heteroatoms. The maximum absolute atomic E-state index is 14.2. The van der Waals surface area contributed by atoms with Crippen LogP contribution in [0.4, 0.5) is 0 Å². The second kappa shape index (κ2) is 29.3. The number of nitrogens with one attached hydrogen (secondary N) is 8. The molecule has 3 aliphatic rings. The van der Waals surface area contributed by atoms with E-state index < -0.39 is 85.3 Å². The summed E-state index contributed by atoms with van der Waals surface area (Å²) in [4.78, 5) is 122. The molecule has 0 radical (unpaired) electrons. The summed E-state index contributed by atoms with van der Waals surface area (Å²) in [6.45, 7) is 0.0461. The molecule has 2 bridgehead atoms. The van der Waals surface area contributed by atoms with Crippen LogP contribution in [-0.2, 0) is 61.1 Å².